The summed E-state index contributed by atoms with van der Waals surface area (Å²) < 4.78 is 1.72. The van der Waals surface area contributed by atoms with Crippen LogP contribution in [0.25, 0.3) is 11.0 Å². The van der Waals surface area contributed by atoms with Crippen molar-refractivity contribution < 1.29 is 4.79 Å². The van der Waals surface area contributed by atoms with Gasteiger partial charge in [0.15, 0.2) is 5.65 Å². The summed E-state index contributed by atoms with van der Waals surface area (Å²) in [6.45, 7) is 5.77. The minimum absolute atomic E-state index is 0.0994. The van der Waals surface area contributed by atoms with E-state index in [1.54, 1.807) is 10.9 Å². The standard InChI is InChI=1S/C12H16N4O/c1-7(2)14-12(17)9-5-10-8(3)15-16(4)11(10)13-6-9/h5-7H,1-4H3,(H,14,17). The summed E-state index contributed by atoms with van der Waals surface area (Å²) in [6, 6.07) is 1.95. The van der Waals surface area contributed by atoms with Crippen LogP contribution in [0.15, 0.2) is 12.3 Å². The Balaban J connectivity index is 2.44. The van der Waals surface area contributed by atoms with Gasteiger partial charge in [0.2, 0.25) is 0 Å². The lowest BCUT2D eigenvalue weighted by molar-refractivity contribution is 0.0943. The van der Waals surface area contributed by atoms with Crippen LogP contribution in [0, 0.1) is 6.92 Å². The van der Waals surface area contributed by atoms with Gasteiger partial charge in [0.05, 0.1) is 11.3 Å². The maximum absolute atomic E-state index is 11.8. The van der Waals surface area contributed by atoms with E-state index >= 15 is 0 Å². The van der Waals surface area contributed by atoms with E-state index in [4.69, 9.17) is 0 Å². The number of pyridine rings is 1. The number of aryl methyl sites for hydroxylation is 2. The number of carbonyl (C=O) groups is 1. The first-order chi connectivity index (χ1) is 7.99. The molecule has 2 aromatic heterocycles. The third-order valence-electron chi connectivity index (χ3n) is 2.54. The lowest BCUT2D eigenvalue weighted by Crippen LogP contribution is -2.30. The molecule has 0 atom stereocenters. The second-order valence-electron chi connectivity index (χ2n) is 4.43. The summed E-state index contributed by atoms with van der Waals surface area (Å²) >= 11 is 0. The van der Waals surface area contributed by atoms with Gasteiger partial charge in [-0.15, -0.1) is 0 Å². The molecule has 0 saturated heterocycles. The molecule has 0 fully saturated rings. The van der Waals surface area contributed by atoms with Crippen molar-refractivity contribution >= 4 is 16.9 Å². The van der Waals surface area contributed by atoms with Gasteiger partial charge < -0.3 is 5.32 Å². The number of hydrogen-bond donors (Lipinski definition) is 1. The number of hydrogen-bond acceptors (Lipinski definition) is 3. The van der Waals surface area contributed by atoms with E-state index in [0.29, 0.717) is 5.56 Å². The molecule has 90 valence electrons. The Morgan fingerprint density at radius 1 is 1.47 bits per heavy atom. The number of amides is 1. The minimum Gasteiger partial charge on any atom is -0.350 e. The molecule has 0 aliphatic heterocycles. The van der Waals surface area contributed by atoms with Gasteiger partial charge in [-0.25, -0.2) is 4.98 Å². The molecule has 0 aliphatic rings. The number of aromatic nitrogens is 3. The van der Waals surface area contributed by atoms with Crippen molar-refractivity contribution in [2.75, 3.05) is 0 Å². The molecule has 1 amide bonds. The molecule has 0 aliphatic carbocycles. The van der Waals surface area contributed by atoms with Crippen molar-refractivity contribution in [1.82, 2.24) is 20.1 Å². The van der Waals surface area contributed by atoms with Crippen LogP contribution >= 0.6 is 0 Å². The van der Waals surface area contributed by atoms with Crippen LogP contribution in [0.4, 0.5) is 0 Å². The Kier molecular flexibility index (Phi) is 2.83. The van der Waals surface area contributed by atoms with E-state index < -0.39 is 0 Å². The molecular formula is C12H16N4O. The van der Waals surface area contributed by atoms with Crippen molar-refractivity contribution in [3.63, 3.8) is 0 Å². The molecule has 0 aromatic carbocycles. The van der Waals surface area contributed by atoms with Gasteiger partial charge in [0.1, 0.15) is 0 Å². The second-order valence-corrected chi connectivity index (χ2v) is 4.43. The number of rotatable bonds is 2. The van der Waals surface area contributed by atoms with Crippen molar-refractivity contribution in [1.29, 1.82) is 0 Å². The highest BCUT2D eigenvalue weighted by molar-refractivity contribution is 5.97. The quantitative estimate of drug-likeness (QED) is 0.851. The lowest BCUT2D eigenvalue weighted by Gasteiger charge is -2.07. The molecule has 17 heavy (non-hydrogen) atoms. The molecule has 0 saturated carbocycles. The fraction of sp³-hybridized carbons (Fsp3) is 0.417. The van der Waals surface area contributed by atoms with Gasteiger partial charge in [0.25, 0.3) is 5.91 Å². The Hall–Kier alpha value is -1.91. The van der Waals surface area contributed by atoms with Gasteiger partial charge in [0, 0.05) is 24.7 Å². The highest BCUT2D eigenvalue weighted by Crippen LogP contribution is 2.16. The first-order valence-corrected chi connectivity index (χ1v) is 5.59. The minimum atomic E-state index is -0.0994. The summed E-state index contributed by atoms with van der Waals surface area (Å²) in [5.74, 6) is -0.0994. The molecule has 5 heteroatoms. The summed E-state index contributed by atoms with van der Waals surface area (Å²) in [4.78, 5) is 16.1. The lowest BCUT2D eigenvalue weighted by atomic mass is 10.2. The largest absolute Gasteiger partial charge is 0.350 e. The predicted molar refractivity (Wildman–Crippen MR) is 65.8 cm³/mol. The molecular weight excluding hydrogens is 216 g/mol. The average Bonchev–Trinajstić information content (AvgIpc) is 2.53. The Labute approximate surface area is 99.8 Å². The van der Waals surface area contributed by atoms with Crippen LogP contribution < -0.4 is 5.32 Å². The fourth-order valence-corrected chi connectivity index (χ4v) is 1.78. The van der Waals surface area contributed by atoms with E-state index in [9.17, 15) is 4.79 Å². The van der Waals surface area contributed by atoms with Gasteiger partial charge in [-0.05, 0) is 26.8 Å². The first-order valence-electron chi connectivity index (χ1n) is 5.59. The van der Waals surface area contributed by atoms with E-state index in [-0.39, 0.29) is 11.9 Å². The molecule has 0 radical (unpaired) electrons. The predicted octanol–water partition coefficient (Wildman–Crippen LogP) is 1.41. The van der Waals surface area contributed by atoms with E-state index in [2.05, 4.69) is 15.4 Å². The number of nitrogens with one attached hydrogen (secondary N) is 1. The van der Waals surface area contributed by atoms with Crippen LogP contribution in [-0.4, -0.2) is 26.7 Å². The summed E-state index contributed by atoms with van der Waals surface area (Å²) in [5, 5.41) is 8.04. The molecule has 0 spiro atoms. The van der Waals surface area contributed by atoms with Crippen molar-refractivity contribution in [2.24, 2.45) is 7.05 Å². The second kappa shape index (κ2) is 4.16. The van der Waals surface area contributed by atoms with Crippen molar-refractivity contribution in [2.45, 2.75) is 26.8 Å². The van der Waals surface area contributed by atoms with Crippen molar-refractivity contribution in [3.8, 4) is 0 Å². The molecule has 2 rings (SSSR count). The zero-order chi connectivity index (χ0) is 12.6. The Morgan fingerprint density at radius 2 is 2.18 bits per heavy atom. The van der Waals surface area contributed by atoms with Crippen LogP contribution in [0.5, 0.6) is 0 Å². The van der Waals surface area contributed by atoms with Gasteiger partial charge >= 0.3 is 0 Å². The van der Waals surface area contributed by atoms with E-state index in [1.165, 1.54) is 0 Å². The summed E-state index contributed by atoms with van der Waals surface area (Å²) in [6.07, 6.45) is 1.58. The normalized spacial score (nSPS) is 11.1. The highest BCUT2D eigenvalue weighted by atomic mass is 16.1. The van der Waals surface area contributed by atoms with Crippen LogP contribution in [0.2, 0.25) is 0 Å². The molecule has 2 heterocycles. The van der Waals surface area contributed by atoms with Gasteiger partial charge in [-0.2, -0.15) is 5.10 Å². The zero-order valence-electron chi connectivity index (χ0n) is 10.5. The van der Waals surface area contributed by atoms with Crippen molar-refractivity contribution in [3.05, 3.63) is 23.5 Å². The molecule has 2 aromatic rings. The summed E-state index contributed by atoms with van der Waals surface area (Å²) in [7, 11) is 1.84. The zero-order valence-corrected chi connectivity index (χ0v) is 10.5. The SMILES string of the molecule is Cc1nn(C)c2ncc(C(=O)NC(C)C)cc12. The monoisotopic (exact) mass is 232 g/mol. The van der Waals surface area contributed by atoms with E-state index in [0.717, 1.165) is 16.7 Å². The fourth-order valence-electron chi connectivity index (χ4n) is 1.78. The smallest absolute Gasteiger partial charge is 0.253 e. The highest BCUT2D eigenvalue weighted by Gasteiger charge is 2.11. The van der Waals surface area contributed by atoms with Gasteiger partial charge in [-0.3, -0.25) is 9.48 Å². The third-order valence-corrected chi connectivity index (χ3v) is 2.54. The van der Waals surface area contributed by atoms with Crippen LogP contribution in [0.1, 0.15) is 29.9 Å². The molecule has 1 N–H and O–H groups in total. The molecule has 0 unspecified atom stereocenters. The maximum atomic E-state index is 11.8. The number of nitrogens with zero attached hydrogens (tertiary/aromatic N) is 3. The van der Waals surface area contributed by atoms with E-state index in [1.807, 2.05) is 33.9 Å². The first kappa shape index (κ1) is 11.6. The van der Waals surface area contributed by atoms with Gasteiger partial charge in [-0.1, -0.05) is 0 Å². The molecule has 5 nitrogen and oxygen atoms in total. The maximum Gasteiger partial charge on any atom is 0.253 e. The topological polar surface area (TPSA) is 59.8 Å². The average molecular weight is 232 g/mol. The number of carbonyl (C=O) groups excluding carboxylic acids is 1. The van der Waals surface area contributed by atoms with Crippen LogP contribution in [0.3, 0.4) is 0 Å². The Bertz CT molecular complexity index is 571. The third kappa shape index (κ3) is 2.13. The summed E-state index contributed by atoms with van der Waals surface area (Å²) in [5.41, 5.74) is 2.25. The number of fused-ring (bicyclic) bond motifs is 1. The molecule has 0 bridgehead atoms. The Morgan fingerprint density at radius 3 is 2.82 bits per heavy atom. The van der Waals surface area contributed by atoms with Crippen LogP contribution in [-0.2, 0) is 7.05 Å².